The molecule has 1 aliphatic heterocycles. The van der Waals surface area contributed by atoms with Gasteiger partial charge in [-0.05, 0) is 13.0 Å². The monoisotopic (exact) mass is 226 g/mol. The van der Waals surface area contributed by atoms with Gasteiger partial charge in [-0.2, -0.15) is 10.2 Å². The number of hydrazine groups is 1. The molecule has 1 aromatic rings. The van der Waals surface area contributed by atoms with Crippen LogP contribution in [-0.2, 0) is 0 Å². The second-order valence-electron chi connectivity index (χ2n) is 4.05. The number of carbonyl (C=O) groups is 1. The fourth-order valence-electron chi connectivity index (χ4n) is 1.97. The maximum absolute atomic E-state index is 12.1. The number of aryl methyl sites for hydroxylation is 1. The molecule has 1 aliphatic carbocycles. The summed E-state index contributed by atoms with van der Waals surface area (Å²) in [5, 5.41) is 5.21. The predicted octanol–water partition coefficient (Wildman–Crippen LogP) is 0.997. The van der Waals surface area contributed by atoms with Crippen molar-refractivity contribution in [2.45, 2.75) is 6.92 Å². The number of fused-ring (bicyclic) bond motifs is 3. The van der Waals surface area contributed by atoms with E-state index in [1.165, 1.54) is 0 Å². The molecule has 0 radical (unpaired) electrons. The van der Waals surface area contributed by atoms with Crippen LogP contribution in [-0.4, -0.2) is 22.3 Å². The Balaban J connectivity index is 2.27. The maximum Gasteiger partial charge on any atom is 0.214 e. The molecule has 0 atom stereocenters. The highest BCUT2D eigenvalue weighted by atomic mass is 16.1. The van der Waals surface area contributed by atoms with Crippen LogP contribution in [0.25, 0.3) is 0 Å². The van der Waals surface area contributed by atoms with Gasteiger partial charge in [0.1, 0.15) is 11.4 Å². The third-order valence-corrected chi connectivity index (χ3v) is 2.83. The summed E-state index contributed by atoms with van der Waals surface area (Å²) in [7, 11) is 0. The molecule has 84 valence electrons. The van der Waals surface area contributed by atoms with Gasteiger partial charge in [0, 0.05) is 11.1 Å². The van der Waals surface area contributed by atoms with Crippen LogP contribution >= 0.6 is 0 Å². The van der Waals surface area contributed by atoms with Crippen LogP contribution < -0.4 is 5.84 Å². The van der Waals surface area contributed by atoms with Crippen LogP contribution in [0.3, 0.4) is 0 Å². The molecule has 5 nitrogen and oxygen atoms in total. The smallest absolute Gasteiger partial charge is 0.214 e. The Morgan fingerprint density at radius 2 is 2.06 bits per heavy atom. The minimum Gasteiger partial charge on any atom is -0.287 e. The van der Waals surface area contributed by atoms with Crippen molar-refractivity contribution in [3.8, 4) is 0 Å². The third-order valence-electron chi connectivity index (χ3n) is 2.83. The molecule has 0 fully saturated rings. The van der Waals surface area contributed by atoms with Crippen molar-refractivity contribution in [1.82, 2.24) is 5.12 Å². The third kappa shape index (κ3) is 1.26. The zero-order valence-electron chi connectivity index (χ0n) is 9.27. The molecule has 0 amide bonds. The lowest BCUT2D eigenvalue weighted by molar-refractivity contribution is 0.106. The van der Waals surface area contributed by atoms with Gasteiger partial charge in [-0.3, -0.25) is 4.79 Å². The summed E-state index contributed by atoms with van der Waals surface area (Å²) < 4.78 is 0. The maximum atomic E-state index is 12.1. The van der Waals surface area contributed by atoms with Crippen LogP contribution in [0.4, 0.5) is 0 Å². The van der Waals surface area contributed by atoms with E-state index < -0.39 is 0 Å². The average molecular weight is 226 g/mol. The molecule has 5 heteroatoms. The number of hydrazone groups is 1. The lowest BCUT2D eigenvalue weighted by Crippen LogP contribution is -2.32. The number of nitrogens with zero attached hydrogens (tertiary/aromatic N) is 3. The number of hydrogen-bond acceptors (Lipinski definition) is 5. The van der Waals surface area contributed by atoms with E-state index in [0.717, 1.165) is 16.2 Å². The Morgan fingerprint density at radius 3 is 2.82 bits per heavy atom. The zero-order chi connectivity index (χ0) is 12.2. The normalized spacial score (nSPS) is 17.6. The summed E-state index contributed by atoms with van der Waals surface area (Å²) in [6, 6.07) is 5.64. The number of Topliss-reactive ketones (excluding diaryl/α,β-unsaturated/α-hetero) is 1. The molecular formula is C12H10N4O. The molecule has 0 spiro atoms. The van der Waals surface area contributed by atoms with E-state index in [9.17, 15) is 4.79 Å². The van der Waals surface area contributed by atoms with Crippen molar-refractivity contribution in [3.05, 3.63) is 47.3 Å². The van der Waals surface area contributed by atoms with E-state index in [4.69, 9.17) is 5.84 Å². The van der Waals surface area contributed by atoms with Crippen LogP contribution in [0, 0.1) is 6.92 Å². The second kappa shape index (κ2) is 3.11. The average Bonchev–Trinajstić information content (AvgIpc) is 2.54. The lowest BCUT2D eigenvalue weighted by atomic mass is 10.1. The van der Waals surface area contributed by atoms with Gasteiger partial charge >= 0.3 is 0 Å². The molecular weight excluding hydrogens is 216 g/mol. The molecule has 1 heterocycles. The first-order valence-electron chi connectivity index (χ1n) is 5.15. The molecule has 2 aliphatic rings. The van der Waals surface area contributed by atoms with Gasteiger partial charge in [0.05, 0.1) is 0 Å². The van der Waals surface area contributed by atoms with E-state index in [0.29, 0.717) is 17.0 Å². The van der Waals surface area contributed by atoms with Crippen LogP contribution in [0.2, 0.25) is 0 Å². The number of nitrogens with two attached hydrogens (primary N) is 1. The number of aliphatic imine (C=N–C) groups is 1. The molecule has 0 aromatic heterocycles. The van der Waals surface area contributed by atoms with Crippen molar-refractivity contribution in [3.63, 3.8) is 0 Å². The summed E-state index contributed by atoms with van der Waals surface area (Å²) in [5.41, 5.74) is 3.30. The number of rotatable bonds is 0. The van der Waals surface area contributed by atoms with Crippen LogP contribution in [0.1, 0.15) is 21.5 Å². The highest BCUT2D eigenvalue weighted by Crippen LogP contribution is 2.26. The Bertz CT molecular complexity index is 627. The van der Waals surface area contributed by atoms with Crippen molar-refractivity contribution in [1.29, 1.82) is 0 Å². The highest BCUT2D eigenvalue weighted by Gasteiger charge is 2.35. The highest BCUT2D eigenvalue weighted by molar-refractivity contribution is 6.78. The molecule has 3 rings (SSSR count). The van der Waals surface area contributed by atoms with Gasteiger partial charge in [0.15, 0.2) is 5.82 Å². The number of ketones is 1. The van der Waals surface area contributed by atoms with E-state index in [2.05, 4.69) is 16.7 Å². The van der Waals surface area contributed by atoms with E-state index in [1.807, 2.05) is 25.1 Å². The quantitative estimate of drug-likeness (QED) is 0.671. The first-order valence-corrected chi connectivity index (χ1v) is 5.15. The standard InChI is InChI=1S/C12H10N4O/c1-6-3-4-8-9(5-6)12(17)11-10(8)15-16(13)7(2)14-11/h3-5H,2,13H2,1H3. The predicted molar refractivity (Wildman–Crippen MR) is 64.6 cm³/mol. The van der Waals surface area contributed by atoms with E-state index in [1.54, 1.807) is 0 Å². The van der Waals surface area contributed by atoms with Gasteiger partial charge in [-0.1, -0.05) is 24.3 Å². The molecule has 17 heavy (non-hydrogen) atoms. The van der Waals surface area contributed by atoms with Crippen molar-refractivity contribution in [2.75, 3.05) is 0 Å². The molecule has 0 saturated heterocycles. The minimum absolute atomic E-state index is 0.114. The second-order valence-corrected chi connectivity index (χ2v) is 4.05. The summed E-state index contributed by atoms with van der Waals surface area (Å²) in [5.74, 6) is 5.75. The molecule has 0 bridgehead atoms. The SMILES string of the molecule is C=C1N=C2C(=O)c3cc(C)ccc3C2=NN1N. The van der Waals surface area contributed by atoms with Gasteiger partial charge in [0.25, 0.3) is 0 Å². The summed E-state index contributed by atoms with van der Waals surface area (Å²) in [6.45, 7) is 5.56. The van der Waals surface area contributed by atoms with Gasteiger partial charge < -0.3 is 0 Å². The first kappa shape index (κ1) is 9.92. The fourth-order valence-corrected chi connectivity index (χ4v) is 1.97. The molecule has 0 unspecified atom stereocenters. The molecule has 0 saturated carbocycles. The number of benzene rings is 1. The van der Waals surface area contributed by atoms with Crippen molar-refractivity contribution < 1.29 is 4.79 Å². The Kier molecular flexibility index (Phi) is 1.82. The summed E-state index contributed by atoms with van der Waals surface area (Å²) in [6.07, 6.45) is 0. The lowest BCUT2D eigenvalue weighted by Gasteiger charge is -2.17. The van der Waals surface area contributed by atoms with Gasteiger partial charge in [0.2, 0.25) is 5.78 Å². The Labute approximate surface area is 97.9 Å². The van der Waals surface area contributed by atoms with E-state index in [-0.39, 0.29) is 11.6 Å². The Hall–Kier alpha value is -2.27. The summed E-state index contributed by atoms with van der Waals surface area (Å²) in [4.78, 5) is 16.2. The Morgan fingerprint density at radius 1 is 1.29 bits per heavy atom. The van der Waals surface area contributed by atoms with E-state index >= 15 is 0 Å². The van der Waals surface area contributed by atoms with Gasteiger partial charge in [-0.15, -0.1) is 0 Å². The topological polar surface area (TPSA) is 71.0 Å². The fraction of sp³-hybridized carbons (Fsp3) is 0.0833. The minimum atomic E-state index is -0.114. The van der Waals surface area contributed by atoms with Crippen molar-refractivity contribution in [2.24, 2.45) is 15.9 Å². The van der Waals surface area contributed by atoms with Crippen LogP contribution in [0.15, 0.2) is 40.7 Å². The number of carbonyl (C=O) groups excluding carboxylic acids is 1. The number of hydrogen-bond donors (Lipinski definition) is 1. The summed E-state index contributed by atoms with van der Waals surface area (Å²) >= 11 is 0. The zero-order valence-corrected chi connectivity index (χ0v) is 9.27. The largest absolute Gasteiger partial charge is 0.287 e. The molecule has 1 aromatic carbocycles. The molecule has 2 N–H and O–H groups in total. The van der Waals surface area contributed by atoms with Gasteiger partial charge in [-0.25, -0.2) is 10.8 Å². The first-order chi connectivity index (χ1) is 8.08. The van der Waals surface area contributed by atoms with Crippen molar-refractivity contribution >= 4 is 17.2 Å². The van der Waals surface area contributed by atoms with Crippen LogP contribution in [0.5, 0.6) is 0 Å².